The minimum Gasteiger partial charge on any atom is -0.495 e. The second-order valence-electron chi connectivity index (χ2n) is 4.27. The molecule has 100 valence electrons. The first-order valence-electron chi connectivity index (χ1n) is 6.25. The highest BCUT2D eigenvalue weighted by Crippen LogP contribution is 2.40. The number of hydrogen-bond acceptors (Lipinski definition) is 5. The van der Waals surface area contributed by atoms with Crippen LogP contribution < -0.4 is 10.5 Å². The normalized spacial score (nSPS) is 25.7. The van der Waals surface area contributed by atoms with Crippen LogP contribution in [0.15, 0.2) is 18.3 Å². The maximum Gasteiger partial charge on any atom is 0.142 e. The van der Waals surface area contributed by atoms with E-state index in [-0.39, 0.29) is 6.04 Å². The van der Waals surface area contributed by atoms with Crippen molar-refractivity contribution in [3.8, 4) is 5.75 Å². The van der Waals surface area contributed by atoms with E-state index in [9.17, 15) is 0 Å². The van der Waals surface area contributed by atoms with Gasteiger partial charge in [0, 0.05) is 28.2 Å². The number of thioether (sulfide) groups is 2. The number of nitrogens with two attached hydrogens (primary N) is 1. The third-order valence-electron chi connectivity index (χ3n) is 3.18. The zero-order chi connectivity index (χ0) is 13.0. The van der Waals surface area contributed by atoms with Crippen LogP contribution in [0.4, 0.5) is 0 Å². The van der Waals surface area contributed by atoms with Crippen molar-refractivity contribution >= 4 is 23.5 Å². The Kier molecular flexibility index (Phi) is 5.21. The van der Waals surface area contributed by atoms with E-state index in [1.807, 2.05) is 35.7 Å². The lowest BCUT2D eigenvalue weighted by atomic mass is 10.1. The zero-order valence-corrected chi connectivity index (χ0v) is 12.5. The summed E-state index contributed by atoms with van der Waals surface area (Å²) in [5.74, 6) is 3.21. The van der Waals surface area contributed by atoms with Gasteiger partial charge in [-0.15, -0.1) is 0 Å². The quantitative estimate of drug-likeness (QED) is 0.921. The molecule has 0 aliphatic carbocycles. The van der Waals surface area contributed by atoms with Crippen molar-refractivity contribution < 1.29 is 4.74 Å². The Balaban J connectivity index is 2.20. The molecule has 1 aromatic heterocycles. The lowest BCUT2D eigenvalue weighted by Gasteiger charge is -2.34. The van der Waals surface area contributed by atoms with Gasteiger partial charge in [0.15, 0.2) is 0 Å². The first-order valence-corrected chi connectivity index (χ1v) is 8.35. The van der Waals surface area contributed by atoms with Gasteiger partial charge in [-0.3, -0.25) is 4.98 Å². The van der Waals surface area contributed by atoms with Crippen LogP contribution in [0, 0.1) is 0 Å². The molecule has 5 heteroatoms. The molecule has 0 spiro atoms. The molecule has 1 aliphatic heterocycles. The van der Waals surface area contributed by atoms with E-state index in [1.54, 1.807) is 13.3 Å². The Labute approximate surface area is 117 Å². The van der Waals surface area contributed by atoms with Crippen LogP contribution in [0.5, 0.6) is 5.75 Å². The maximum absolute atomic E-state index is 6.44. The smallest absolute Gasteiger partial charge is 0.142 e. The SMILES string of the molecule is CCC1SCCSC1C(N)c1ncccc1OC. The summed E-state index contributed by atoms with van der Waals surface area (Å²) in [6.45, 7) is 2.24. The number of aromatic nitrogens is 1. The highest BCUT2D eigenvalue weighted by Gasteiger charge is 2.32. The van der Waals surface area contributed by atoms with E-state index >= 15 is 0 Å². The number of hydrogen-bond donors (Lipinski definition) is 1. The zero-order valence-electron chi connectivity index (χ0n) is 10.8. The largest absolute Gasteiger partial charge is 0.495 e. The van der Waals surface area contributed by atoms with Crippen molar-refractivity contribution in [2.75, 3.05) is 18.6 Å². The van der Waals surface area contributed by atoms with Gasteiger partial charge in [-0.1, -0.05) is 6.92 Å². The molecular weight excluding hydrogens is 264 g/mol. The van der Waals surface area contributed by atoms with Crippen LogP contribution in [0.2, 0.25) is 0 Å². The van der Waals surface area contributed by atoms with E-state index < -0.39 is 0 Å². The predicted molar refractivity (Wildman–Crippen MR) is 80.5 cm³/mol. The highest BCUT2D eigenvalue weighted by atomic mass is 32.2. The minimum atomic E-state index is -0.0519. The van der Waals surface area contributed by atoms with Crippen LogP contribution in [-0.2, 0) is 0 Å². The second-order valence-corrected chi connectivity index (χ2v) is 6.90. The van der Waals surface area contributed by atoms with E-state index in [2.05, 4.69) is 11.9 Å². The van der Waals surface area contributed by atoms with Gasteiger partial charge in [0.1, 0.15) is 11.4 Å². The molecule has 0 aromatic carbocycles. The number of pyridine rings is 1. The molecule has 0 amide bonds. The summed E-state index contributed by atoms with van der Waals surface area (Å²) in [4.78, 5) is 4.42. The van der Waals surface area contributed by atoms with Crippen LogP contribution in [0.25, 0.3) is 0 Å². The van der Waals surface area contributed by atoms with Gasteiger partial charge in [-0.05, 0) is 18.6 Å². The number of methoxy groups -OCH3 is 1. The van der Waals surface area contributed by atoms with Crippen molar-refractivity contribution in [2.24, 2.45) is 5.73 Å². The number of rotatable bonds is 4. The van der Waals surface area contributed by atoms with Gasteiger partial charge in [0.25, 0.3) is 0 Å². The minimum absolute atomic E-state index is 0.0519. The molecule has 2 rings (SSSR count). The first-order chi connectivity index (χ1) is 8.77. The molecule has 0 bridgehead atoms. The van der Waals surface area contributed by atoms with Gasteiger partial charge in [0.05, 0.1) is 13.2 Å². The molecule has 18 heavy (non-hydrogen) atoms. The fraction of sp³-hybridized carbons (Fsp3) is 0.615. The number of ether oxygens (including phenoxy) is 1. The highest BCUT2D eigenvalue weighted by molar-refractivity contribution is 8.07. The van der Waals surface area contributed by atoms with Crippen LogP contribution in [-0.4, -0.2) is 34.1 Å². The van der Waals surface area contributed by atoms with E-state index in [1.165, 1.54) is 11.5 Å². The first kappa shape index (κ1) is 14.0. The average molecular weight is 284 g/mol. The van der Waals surface area contributed by atoms with Crippen molar-refractivity contribution in [1.82, 2.24) is 4.98 Å². The van der Waals surface area contributed by atoms with Gasteiger partial charge in [-0.25, -0.2) is 0 Å². The molecule has 0 saturated carbocycles. The molecular formula is C13H20N2OS2. The Bertz CT molecular complexity index is 389. The summed E-state index contributed by atoms with van der Waals surface area (Å²) in [6.07, 6.45) is 2.95. The summed E-state index contributed by atoms with van der Waals surface area (Å²) >= 11 is 4.01. The Morgan fingerprint density at radius 3 is 3.00 bits per heavy atom. The van der Waals surface area contributed by atoms with Crippen LogP contribution in [0.1, 0.15) is 25.1 Å². The van der Waals surface area contributed by atoms with Gasteiger partial charge in [-0.2, -0.15) is 23.5 Å². The van der Waals surface area contributed by atoms with Crippen molar-refractivity contribution in [3.05, 3.63) is 24.0 Å². The lowest BCUT2D eigenvalue weighted by Crippen LogP contribution is -2.36. The van der Waals surface area contributed by atoms with E-state index in [0.29, 0.717) is 10.5 Å². The Morgan fingerprint density at radius 2 is 2.28 bits per heavy atom. The molecule has 1 aromatic rings. The molecule has 3 unspecified atom stereocenters. The topological polar surface area (TPSA) is 48.1 Å². The molecule has 1 aliphatic rings. The Hall–Kier alpha value is -0.390. The van der Waals surface area contributed by atoms with E-state index in [0.717, 1.165) is 17.9 Å². The van der Waals surface area contributed by atoms with E-state index in [4.69, 9.17) is 10.5 Å². The summed E-state index contributed by atoms with van der Waals surface area (Å²) in [5, 5.41) is 1.04. The predicted octanol–water partition coefficient (Wildman–Crippen LogP) is 2.72. The molecule has 2 heterocycles. The maximum atomic E-state index is 6.44. The standard InChI is InChI=1S/C13H20N2OS2/c1-3-10-13(18-8-7-17-10)11(14)12-9(16-2)5-4-6-15-12/h4-6,10-11,13H,3,7-8,14H2,1-2H3. The fourth-order valence-corrected chi connectivity index (χ4v) is 5.41. The van der Waals surface area contributed by atoms with Crippen LogP contribution in [0.3, 0.4) is 0 Å². The fourth-order valence-electron chi connectivity index (χ4n) is 2.25. The Morgan fingerprint density at radius 1 is 1.50 bits per heavy atom. The molecule has 3 nitrogen and oxygen atoms in total. The molecule has 1 fully saturated rings. The summed E-state index contributed by atoms with van der Waals surface area (Å²) in [5.41, 5.74) is 7.32. The third kappa shape index (κ3) is 2.95. The lowest BCUT2D eigenvalue weighted by molar-refractivity contribution is 0.400. The molecule has 2 N–H and O–H groups in total. The average Bonchev–Trinajstić information content (AvgIpc) is 2.46. The number of nitrogens with zero attached hydrogens (tertiary/aromatic N) is 1. The molecule has 3 atom stereocenters. The van der Waals surface area contributed by atoms with Crippen molar-refractivity contribution in [3.63, 3.8) is 0 Å². The van der Waals surface area contributed by atoms with Gasteiger partial charge in [0.2, 0.25) is 0 Å². The van der Waals surface area contributed by atoms with Crippen molar-refractivity contribution in [1.29, 1.82) is 0 Å². The van der Waals surface area contributed by atoms with Gasteiger partial charge >= 0.3 is 0 Å². The summed E-state index contributed by atoms with van der Waals surface area (Å²) < 4.78 is 5.37. The second kappa shape index (κ2) is 6.68. The van der Waals surface area contributed by atoms with Gasteiger partial charge < -0.3 is 10.5 Å². The van der Waals surface area contributed by atoms with Crippen LogP contribution >= 0.6 is 23.5 Å². The molecule has 0 radical (unpaired) electrons. The van der Waals surface area contributed by atoms with Crippen molar-refractivity contribution in [2.45, 2.75) is 29.9 Å². The molecule has 1 saturated heterocycles. The third-order valence-corrected chi connectivity index (χ3v) is 6.56. The summed E-state index contributed by atoms with van der Waals surface area (Å²) in [6, 6.07) is 3.77. The monoisotopic (exact) mass is 284 g/mol. The summed E-state index contributed by atoms with van der Waals surface area (Å²) in [7, 11) is 1.67.